The molecule has 2 aromatic heterocycles. The SMILES string of the molecule is O=C(OCc1csc(Br)c1)c1c[nH]c(=O)c(Cl)c1. The first-order valence-electron chi connectivity index (χ1n) is 4.84. The lowest BCUT2D eigenvalue weighted by Gasteiger charge is -2.03. The number of pyridine rings is 1. The molecule has 18 heavy (non-hydrogen) atoms. The molecule has 0 saturated heterocycles. The lowest BCUT2D eigenvalue weighted by Crippen LogP contribution is -2.11. The quantitative estimate of drug-likeness (QED) is 0.867. The van der Waals surface area contributed by atoms with E-state index in [0.717, 1.165) is 9.35 Å². The molecule has 0 aliphatic heterocycles. The third-order valence-electron chi connectivity index (χ3n) is 2.09. The van der Waals surface area contributed by atoms with Gasteiger partial charge in [-0.25, -0.2) is 4.79 Å². The highest BCUT2D eigenvalue weighted by Gasteiger charge is 2.10. The lowest BCUT2D eigenvalue weighted by molar-refractivity contribution is 0.0472. The molecule has 0 aliphatic rings. The van der Waals surface area contributed by atoms with Gasteiger partial charge < -0.3 is 9.72 Å². The number of rotatable bonds is 3. The van der Waals surface area contributed by atoms with Gasteiger partial charge in [-0.3, -0.25) is 4.79 Å². The van der Waals surface area contributed by atoms with E-state index in [-0.39, 0.29) is 17.2 Å². The molecule has 0 bridgehead atoms. The van der Waals surface area contributed by atoms with Gasteiger partial charge in [0.1, 0.15) is 11.6 Å². The second-order valence-corrected chi connectivity index (χ2v) is 6.10. The number of aromatic nitrogens is 1. The lowest BCUT2D eigenvalue weighted by atomic mass is 10.3. The van der Waals surface area contributed by atoms with Crippen molar-refractivity contribution in [1.82, 2.24) is 4.98 Å². The average Bonchev–Trinajstić information content (AvgIpc) is 2.75. The maximum absolute atomic E-state index is 11.7. The van der Waals surface area contributed by atoms with Crippen LogP contribution < -0.4 is 5.56 Å². The van der Waals surface area contributed by atoms with Crippen molar-refractivity contribution in [2.24, 2.45) is 0 Å². The molecule has 0 saturated carbocycles. The molecule has 4 nitrogen and oxygen atoms in total. The molecule has 2 heterocycles. The molecular formula is C11H7BrClNO3S. The maximum Gasteiger partial charge on any atom is 0.340 e. The Morgan fingerprint density at radius 2 is 2.28 bits per heavy atom. The smallest absolute Gasteiger partial charge is 0.340 e. The number of hydrogen-bond donors (Lipinski definition) is 1. The molecule has 2 aromatic rings. The average molecular weight is 349 g/mol. The van der Waals surface area contributed by atoms with Crippen LogP contribution in [-0.4, -0.2) is 11.0 Å². The second-order valence-electron chi connectivity index (χ2n) is 3.40. The van der Waals surface area contributed by atoms with Gasteiger partial charge in [-0.15, -0.1) is 11.3 Å². The fourth-order valence-electron chi connectivity index (χ4n) is 1.23. The molecule has 94 valence electrons. The number of thiophene rings is 1. The van der Waals surface area contributed by atoms with Gasteiger partial charge in [0.05, 0.1) is 9.35 Å². The van der Waals surface area contributed by atoms with Crippen LogP contribution >= 0.6 is 38.9 Å². The van der Waals surface area contributed by atoms with Crippen LogP contribution in [0, 0.1) is 0 Å². The molecular weight excluding hydrogens is 342 g/mol. The van der Waals surface area contributed by atoms with Crippen molar-refractivity contribution in [3.8, 4) is 0 Å². The van der Waals surface area contributed by atoms with E-state index in [4.69, 9.17) is 16.3 Å². The van der Waals surface area contributed by atoms with Gasteiger partial charge in [0.2, 0.25) is 0 Å². The summed E-state index contributed by atoms with van der Waals surface area (Å²) in [4.78, 5) is 25.1. The number of hydrogen-bond acceptors (Lipinski definition) is 4. The number of aromatic amines is 1. The summed E-state index contributed by atoms with van der Waals surface area (Å²) < 4.78 is 6.06. The van der Waals surface area contributed by atoms with Crippen LogP contribution in [0.15, 0.2) is 32.3 Å². The molecule has 0 atom stereocenters. The molecule has 1 N–H and O–H groups in total. The van der Waals surface area contributed by atoms with Crippen LogP contribution in [0.25, 0.3) is 0 Å². The number of carbonyl (C=O) groups is 1. The Morgan fingerprint density at radius 3 is 2.89 bits per heavy atom. The standard InChI is InChI=1S/C11H7BrClNO3S/c12-9-1-6(5-18-9)4-17-11(16)7-2-8(13)10(15)14-3-7/h1-3,5H,4H2,(H,14,15). The van der Waals surface area contributed by atoms with E-state index in [2.05, 4.69) is 20.9 Å². The van der Waals surface area contributed by atoms with Gasteiger partial charge >= 0.3 is 5.97 Å². The van der Waals surface area contributed by atoms with Gasteiger partial charge in [0, 0.05) is 11.8 Å². The topological polar surface area (TPSA) is 59.2 Å². The summed E-state index contributed by atoms with van der Waals surface area (Å²) in [6.45, 7) is 0.178. The van der Waals surface area contributed by atoms with Gasteiger partial charge in [0.25, 0.3) is 5.56 Å². The number of H-pyrrole nitrogens is 1. The normalized spacial score (nSPS) is 10.3. The summed E-state index contributed by atoms with van der Waals surface area (Å²) in [6.07, 6.45) is 1.28. The molecule has 0 aromatic carbocycles. The Bertz CT molecular complexity index is 637. The minimum atomic E-state index is -0.532. The van der Waals surface area contributed by atoms with Crippen LogP contribution in [-0.2, 0) is 11.3 Å². The van der Waals surface area contributed by atoms with Crippen molar-refractivity contribution in [2.75, 3.05) is 0 Å². The number of ether oxygens (including phenoxy) is 1. The molecule has 0 fully saturated rings. The third kappa shape index (κ3) is 3.22. The van der Waals surface area contributed by atoms with Crippen molar-refractivity contribution < 1.29 is 9.53 Å². The molecule has 0 aliphatic carbocycles. The highest BCUT2D eigenvalue weighted by atomic mass is 79.9. The van der Waals surface area contributed by atoms with Crippen molar-refractivity contribution in [3.63, 3.8) is 0 Å². The monoisotopic (exact) mass is 347 g/mol. The van der Waals surface area contributed by atoms with Crippen LogP contribution in [0.1, 0.15) is 15.9 Å². The van der Waals surface area contributed by atoms with Crippen molar-refractivity contribution >= 4 is 44.8 Å². The zero-order chi connectivity index (χ0) is 13.1. The van der Waals surface area contributed by atoms with E-state index in [0.29, 0.717) is 0 Å². The van der Waals surface area contributed by atoms with E-state index < -0.39 is 11.5 Å². The first-order valence-corrected chi connectivity index (χ1v) is 6.89. The number of nitrogens with one attached hydrogen (secondary N) is 1. The zero-order valence-electron chi connectivity index (χ0n) is 8.91. The molecule has 0 spiro atoms. The van der Waals surface area contributed by atoms with Crippen LogP contribution in [0.2, 0.25) is 5.02 Å². The van der Waals surface area contributed by atoms with Gasteiger partial charge in [-0.2, -0.15) is 0 Å². The van der Waals surface area contributed by atoms with Crippen molar-refractivity contribution in [1.29, 1.82) is 0 Å². The predicted molar refractivity (Wildman–Crippen MR) is 73.2 cm³/mol. The molecule has 2 rings (SSSR count). The number of esters is 1. The second kappa shape index (κ2) is 5.69. The minimum Gasteiger partial charge on any atom is -0.457 e. The summed E-state index contributed by atoms with van der Waals surface area (Å²) in [7, 11) is 0. The van der Waals surface area contributed by atoms with Gasteiger partial charge in [-0.1, -0.05) is 11.6 Å². The summed E-state index contributed by atoms with van der Waals surface area (Å²) in [6, 6.07) is 3.16. The van der Waals surface area contributed by atoms with E-state index in [1.807, 2.05) is 11.4 Å². The Kier molecular flexibility index (Phi) is 4.21. The van der Waals surface area contributed by atoms with E-state index in [9.17, 15) is 9.59 Å². The first-order chi connectivity index (χ1) is 8.56. The largest absolute Gasteiger partial charge is 0.457 e. The van der Waals surface area contributed by atoms with E-state index in [1.165, 1.54) is 23.6 Å². The number of carbonyl (C=O) groups excluding carboxylic acids is 1. The minimum absolute atomic E-state index is 0.0391. The maximum atomic E-state index is 11.7. The van der Waals surface area contributed by atoms with Gasteiger partial charge in [0.15, 0.2) is 0 Å². The van der Waals surface area contributed by atoms with E-state index in [1.54, 1.807) is 0 Å². The first kappa shape index (κ1) is 13.3. The molecule has 7 heteroatoms. The van der Waals surface area contributed by atoms with E-state index >= 15 is 0 Å². The van der Waals surface area contributed by atoms with Crippen LogP contribution in [0.5, 0.6) is 0 Å². The summed E-state index contributed by atoms with van der Waals surface area (Å²) in [5, 5.41) is 1.85. The van der Waals surface area contributed by atoms with Crippen molar-refractivity contribution in [3.05, 3.63) is 54.0 Å². The number of halogens is 2. The van der Waals surface area contributed by atoms with Gasteiger partial charge in [-0.05, 0) is 33.4 Å². The summed E-state index contributed by atoms with van der Waals surface area (Å²) >= 11 is 10.5. The Balaban J connectivity index is 2.03. The Hall–Kier alpha value is -1.11. The highest BCUT2D eigenvalue weighted by molar-refractivity contribution is 9.11. The fourth-order valence-corrected chi connectivity index (χ4v) is 2.59. The summed E-state index contributed by atoms with van der Waals surface area (Å²) in [5.74, 6) is -0.532. The fraction of sp³-hybridized carbons (Fsp3) is 0.0909. The molecule has 0 radical (unpaired) electrons. The highest BCUT2D eigenvalue weighted by Crippen LogP contribution is 2.21. The molecule has 0 unspecified atom stereocenters. The van der Waals surface area contributed by atoms with Crippen LogP contribution in [0.4, 0.5) is 0 Å². The molecule has 0 amide bonds. The zero-order valence-corrected chi connectivity index (χ0v) is 12.1. The predicted octanol–water partition coefficient (Wildman–Crippen LogP) is 3.21. The third-order valence-corrected chi connectivity index (χ3v) is 3.92. The van der Waals surface area contributed by atoms with Crippen molar-refractivity contribution in [2.45, 2.75) is 6.61 Å². The Labute approximate surface area is 120 Å². The Morgan fingerprint density at radius 1 is 1.50 bits per heavy atom. The van der Waals surface area contributed by atoms with Crippen LogP contribution in [0.3, 0.4) is 0 Å². The summed E-state index contributed by atoms with van der Waals surface area (Å²) in [5.41, 5.74) is 0.680.